The smallest absolute Gasteiger partial charge is 2.00 e. The van der Waals surface area contributed by atoms with Crippen molar-refractivity contribution in [2.75, 3.05) is 0 Å². The molecule has 0 aromatic rings. The van der Waals surface area contributed by atoms with Crippen LogP contribution < -0.4 is 8.32 Å². The van der Waals surface area contributed by atoms with Crippen LogP contribution >= 0.6 is 0 Å². The van der Waals surface area contributed by atoms with Gasteiger partial charge >= 0.3 is 74.2 Å². The topological polar surface area (TPSA) is 80.3 Å². The average Bonchev–Trinajstić information content (AvgIpc) is 1.39. The van der Waals surface area contributed by atoms with Crippen molar-refractivity contribution < 1.29 is 15.9 Å². The molecule has 0 atom stereocenters. The zero-order chi connectivity index (χ0) is 5.41. The molecule has 0 amide bonds. The normalized spacial score (nSPS) is 2.29. The Morgan fingerprint density at radius 1 is 1.00 bits per heavy atom. The van der Waals surface area contributed by atoms with E-state index in [1.54, 1.807) is 0 Å². The van der Waals surface area contributed by atoms with Crippen LogP contribution in [-0.4, -0.2) is 58.3 Å². The molecule has 0 aromatic carbocycles. The van der Waals surface area contributed by atoms with Crippen LogP contribution in [0.2, 0.25) is 0 Å². The van der Waals surface area contributed by atoms with Gasteiger partial charge in [-0.1, -0.05) is 0 Å². The molecule has 0 unspecified atom stereocenters. The van der Waals surface area contributed by atoms with Gasteiger partial charge in [-0.3, -0.25) is 0 Å². The van der Waals surface area contributed by atoms with E-state index in [4.69, 9.17) is 15.9 Å². The molecule has 4 nitrogen and oxygen atoms in total. The summed E-state index contributed by atoms with van der Waals surface area (Å²) in [6, 6.07) is 0. The Morgan fingerprint density at radius 3 is 1.00 bits per heavy atom. The zero-order valence-electron chi connectivity index (χ0n) is 3.29. The van der Waals surface area contributed by atoms with Crippen molar-refractivity contribution in [3.63, 3.8) is 0 Å². The van der Waals surface area contributed by atoms with Gasteiger partial charge in [0.25, 0.3) is 0 Å². The summed E-state index contributed by atoms with van der Waals surface area (Å²) in [5, 5.41) is 0. The second-order valence-corrected chi connectivity index (χ2v) is 0.577. The van der Waals surface area contributed by atoms with Crippen LogP contribution in [0, 0.1) is 0 Å². The Morgan fingerprint density at radius 2 is 1.00 bits per heavy atom. The van der Waals surface area contributed by atoms with Crippen molar-refractivity contribution >= 4 is 58.3 Å². The van der Waals surface area contributed by atoms with Crippen LogP contribution in [0.3, 0.4) is 0 Å². The molecule has 0 N–H and O–H groups in total. The van der Waals surface area contributed by atoms with Gasteiger partial charge in [-0.2, -0.15) is 0 Å². The molecule has 0 aliphatic carbocycles. The predicted octanol–water partition coefficient (Wildman–Crippen LogP) is -3.76. The van der Waals surface area contributed by atoms with E-state index in [1.165, 1.54) is 0 Å². The summed E-state index contributed by atoms with van der Waals surface area (Å²) >= 11 is -3.50. The molecule has 34 valence electrons. The second-order valence-electron chi connectivity index (χ2n) is 0.192. The van der Waals surface area contributed by atoms with Gasteiger partial charge in [-0.25, -0.2) is 0 Å². The predicted molar refractivity (Wildman–Crippen MR) is 18.6 cm³/mol. The molecular formula is Al2O4Pb. The van der Waals surface area contributed by atoms with Gasteiger partial charge in [0.05, 0.1) is 0 Å². The van der Waals surface area contributed by atoms with Gasteiger partial charge in [0.2, 0.25) is 0 Å². The van der Waals surface area contributed by atoms with Crippen LogP contribution in [0.5, 0.6) is 0 Å². The maximum absolute atomic E-state index is 8.46. The molecule has 0 aromatic heterocycles. The second kappa shape index (κ2) is 27.1. The van der Waals surface area contributed by atoms with Gasteiger partial charge in [0.15, 0.2) is 0 Å². The van der Waals surface area contributed by atoms with Crippen molar-refractivity contribution in [2.24, 2.45) is 0 Å². The summed E-state index contributed by atoms with van der Waals surface area (Å²) < 4.78 is 33.8. The van der Waals surface area contributed by atoms with Crippen molar-refractivity contribution in [2.45, 2.75) is 0 Å². The zero-order valence-corrected chi connectivity index (χ0v) is 9.48. The summed E-state index contributed by atoms with van der Waals surface area (Å²) in [7, 11) is 0. The third kappa shape index (κ3) is 137. The van der Waals surface area contributed by atoms with E-state index >= 15 is 0 Å². The first kappa shape index (κ1) is 15.7. The van der Waals surface area contributed by atoms with Crippen LogP contribution in [0.25, 0.3) is 0 Å². The number of hydrogen-bond acceptors (Lipinski definition) is 4. The van der Waals surface area contributed by atoms with Crippen molar-refractivity contribution in [3.05, 3.63) is 0 Å². The van der Waals surface area contributed by atoms with E-state index in [1.807, 2.05) is 0 Å². The van der Waals surface area contributed by atoms with E-state index < -0.39 is 31.0 Å². The summed E-state index contributed by atoms with van der Waals surface area (Å²) in [5.41, 5.74) is 0. The fourth-order valence-electron chi connectivity index (χ4n) is 0. The van der Waals surface area contributed by atoms with E-state index in [2.05, 4.69) is 0 Å². The SMILES string of the molecule is [O]=[Al][O-].[O]=[Al][O-].[Pb+2]. The molecule has 0 heterocycles. The molecule has 0 bridgehead atoms. The van der Waals surface area contributed by atoms with Crippen molar-refractivity contribution in [1.29, 1.82) is 0 Å². The average molecular weight is 325 g/mol. The molecule has 2 radical (unpaired) electrons. The van der Waals surface area contributed by atoms with Crippen LogP contribution in [0.4, 0.5) is 0 Å². The first-order chi connectivity index (χ1) is 2.83. The standard InChI is InChI=1S/2Al.4O.Pb/q;;;;2*-1;+2. The van der Waals surface area contributed by atoms with Crippen molar-refractivity contribution in [1.82, 2.24) is 0 Å². The van der Waals surface area contributed by atoms with Crippen LogP contribution in [0.1, 0.15) is 0 Å². The maximum Gasteiger partial charge on any atom is 2.00 e. The molecule has 0 rings (SSSR count). The Hall–Kier alpha value is 1.19. The molecular weight excluding hydrogens is 325 g/mol. The van der Waals surface area contributed by atoms with Gasteiger partial charge in [0, 0.05) is 0 Å². The first-order valence-corrected chi connectivity index (χ1v) is 2.83. The molecule has 0 saturated heterocycles. The molecule has 0 saturated carbocycles. The third-order valence-corrected chi connectivity index (χ3v) is 0. The van der Waals surface area contributed by atoms with Gasteiger partial charge in [-0.15, -0.1) is 0 Å². The summed E-state index contributed by atoms with van der Waals surface area (Å²) in [4.78, 5) is 0. The van der Waals surface area contributed by atoms with E-state index in [0.29, 0.717) is 0 Å². The Balaban J connectivity index is -0.0000000400. The Bertz CT molecular complexity index is 30.7. The minimum atomic E-state index is -1.75. The van der Waals surface area contributed by atoms with Crippen molar-refractivity contribution in [3.8, 4) is 0 Å². The van der Waals surface area contributed by atoms with E-state index in [0.717, 1.165) is 0 Å². The largest absolute Gasteiger partial charge is 2.00 e. The Labute approximate surface area is 73.6 Å². The van der Waals surface area contributed by atoms with E-state index in [-0.39, 0.29) is 27.3 Å². The number of hydrogen-bond donors (Lipinski definition) is 0. The van der Waals surface area contributed by atoms with E-state index in [9.17, 15) is 0 Å². The summed E-state index contributed by atoms with van der Waals surface area (Å²) in [5.74, 6) is 0. The molecule has 0 spiro atoms. The van der Waals surface area contributed by atoms with Gasteiger partial charge in [-0.05, 0) is 0 Å². The minimum absolute atomic E-state index is 0. The van der Waals surface area contributed by atoms with Crippen LogP contribution in [-0.2, 0) is 7.61 Å². The quantitative estimate of drug-likeness (QED) is 0.429. The monoisotopic (exact) mass is 326 g/mol. The fourth-order valence-corrected chi connectivity index (χ4v) is 0. The third-order valence-electron chi connectivity index (χ3n) is 0. The molecule has 7 heteroatoms. The minimum Gasteiger partial charge on any atom is 2.00 e. The maximum atomic E-state index is 8.46. The molecule has 0 fully saturated rings. The van der Waals surface area contributed by atoms with Gasteiger partial charge in [0.1, 0.15) is 0 Å². The summed E-state index contributed by atoms with van der Waals surface area (Å²) in [6.07, 6.45) is 0. The van der Waals surface area contributed by atoms with Gasteiger partial charge < -0.3 is 0 Å². The van der Waals surface area contributed by atoms with Crippen LogP contribution in [0.15, 0.2) is 0 Å². The molecule has 0 aliphatic rings. The number of rotatable bonds is 0. The fraction of sp³-hybridized carbons (Fsp3) is 0. The summed E-state index contributed by atoms with van der Waals surface area (Å²) in [6.45, 7) is 0. The first-order valence-electron chi connectivity index (χ1n) is 0.943. The molecule has 7 heavy (non-hydrogen) atoms. The Kier molecular flexibility index (Phi) is 60.8. The molecule has 0 aliphatic heterocycles.